The summed E-state index contributed by atoms with van der Waals surface area (Å²) in [6.07, 6.45) is 1.85. The summed E-state index contributed by atoms with van der Waals surface area (Å²) in [7, 11) is 0. The molecule has 0 atom stereocenters. The standard InChI is InChI=1S/C35H20N2O/c1-2-9-21(10-3-1)23-12-8-14-30-32(23)33-34-26(20-27-24-11-4-5-15-31(24)38-35(27)33)25-19-22(16-17-29(25)37(30)34)28-13-6-7-18-36-28/h1-20H. The molecule has 176 valence electrons. The minimum Gasteiger partial charge on any atom is -0.455 e. The second-order valence-corrected chi connectivity index (χ2v) is 9.97. The van der Waals surface area contributed by atoms with E-state index >= 15 is 0 Å². The van der Waals surface area contributed by atoms with Gasteiger partial charge in [0.05, 0.1) is 27.6 Å². The van der Waals surface area contributed by atoms with Crippen LogP contribution in [0.3, 0.4) is 0 Å². The number of aromatic nitrogens is 2. The lowest BCUT2D eigenvalue weighted by Crippen LogP contribution is -1.85. The molecule has 0 saturated carbocycles. The monoisotopic (exact) mass is 484 g/mol. The summed E-state index contributed by atoms with van der Waals surface area (Å²) in [5, 5.41) is 7.18. The Morgan fingerprint density at radius 3 is 2.32 bits per heavy atom. The minimum absolute atomic E-state index is 0.919. The first kappa shape index (κ1) is 20.0. The van der Waals surface area contributed by atoms with E-state index in [1.54, 1.807) is 0 Å². The smallest absolute Gasteiger partial charge is 0.145 e. The van der Waals surface area contributed by atoms with Crippen LogP contribution in [0.25, 0.3) is 82.4 Å². The van der Waals surface area contributed by atoms with Crippen LogP contribution in [-0.2, 0) is 0 Å². The van der Waals surface area contributed by atoms with Gasteiger partial charge < -0.3 is 8.82 Å². The van der Waals surface area contributed by atoms with Crippen LogP contribution in [0.4, 0.5) is 0 Å². The summed E-state index contributed by atoms with van der Waals surface area (Å²) in [5.74, 6) is 0. The molecule has 5 aromatic carbocycles. The molecular formula is C35H20N2O. The minimum atomic E-state index is 0.919. The number of hydrogen-bond acceptors (Lipinski definition) is 2. The Hall–Kier alpha value is -5.15. The van der Waals surface area contributed by atoms with Crippen molar-refractivity contribution in [2.75, 3.05) is 0 Å². The molecule has 0 saturated heterocycles. The maximum atomic E-state index is 6.63. The van der Waals surface area contributed by atoms with E-state index in [1.807, 2.05) is 24.4 Å². The van der Waals surface area contributed by atoms with E-state index in [9.17, 15) is 0 Å². The van der Waals surface area contributed by atoms with E-state index in [2.05, 4.69) is 106 Å². The number of hydrogen-bond donors (Lipinski definition) is 0. The van der Waals surface area contributed by atoms with Crippen LogP contribution >= 0.6 is 0 Å². The number of fused-ring (bicyclic) bond motifs is 10. The van der Waals surface area contributed by atoms with Crippen molar-refractivity contribution in [3.63, 3.8) is 0 Å². The number of para-hydroxylation sites is 1. The number of furan rings is 1. The van der Waals surface area contributed by atoms with E-state index in [-0.39, 0.29) is 0 Å². The Bertz CT molecular complexity index is 2330. The second kappa shape index (κ2) is 7.21. The third-order valence-electron chi connectivity index (χ3n) is 7.97. The molecule has 0 spiro atoms. The largest absolute Gasteiger partial charge is 0.455 e. The molecule has 38 heavy (non-hydrogen) atoms. The SMILES string of the molecule is c1ccc(-c2cccc3c2c2c4oc5ccccc5c4cc4c5cc(-c6ccccn6)ccc5n3c42)cc1. The van der Waals surface area contributed by atoms with Crippen molar-refractivity contribution < 1.29 is 4.42 Å². The molecule has 0 aliphatic rings. The van der Waals surface area contributed by atoms with Crippen molar-refractivity contribution in [1.29, 1.82) is 0 Å². The average Bonchev–Trinajstić information content (AvgIpc) is 3.64. The van der Waals surface area contributed by atoms with Crippen LogP contribution in [0.15, 0.2) is 126 Å². The third kappa shape index (κ3) is 2.50. The van der Waals surface area contributed by atoms with E-state index in [4.69, 9.17) is 4.42 Å². The highest BCUT2D eigenvalue weighted by molar-refractivity contribution is 6.34. The van der Waals surface area contributed by atoms with Gasteiger partial charge in [-0.25, -0.2) is 0 Å². The zero-order valence-corrected chi connectivity index (χ0v) is 20.3. The van der Waals surface area contributed by atoms with Gasteiger partial charge in [0.25, 0.3) is 0 Å². The fourth-order valence-corrected chi connectivity index (χ4v) is 6.38. The normalized spacial score (nSPS) is 12.2. The van der Waals surface area contributed by atoms with Crippen LogP contribution in [0.2, 0.25) is 0 Å². The maximum absolute atomic E-state index is 6.63. The summed E-state index contributed by atoms with van der Waals surface area (Å²) in [6, 6.07) is 40.8. The molecule has 0 aliphatic heterocycles. The zero-order valence-electron chi connectivity index (χ0n) is 20.3. The lowest BCUT2D eigenvalue weighted by molar-refractivity contribution is 0.673. The van der Waals surface area contributed by atoms with E-state index in [0.29, 0.717) is 0 Å². The average molecular weight is 485 g/mol. The van der Waals surface area contributed by atoms with Gasteiger partial charge in [0, 0.05) is 38.7 Å². The van der Waals surface area contributed by atoms with Crippen molar-refractivity contribution in [2.45, 2.75) is 0 Å². The van der Waals surface area contributed by atoms with Gasteiger partial charge in [-0.15, -0.1) is 0 Å². The molecule has 9 rings (SSSR count). The number of rotatable bonds is 2. The van der Waals surface area contributed by atoms with Gasteiger partial charge in [0.15, 0.2) is 0 Å². The first-order valence-corrected chi connectivity index (χ1v) is 12.9. The van der Waals surface area contributed by atoms with Crippen LogP contribution < -0.4 is 0 Å². The van der Waals surface area contributed by atoms with Crippen molar-refractivity contribution in [2.24, 2.45) is 0 Å². The van der Waals surface area contributed by atoms with Crippen LogP contribution in [0.1, 0.15) is 0 Å². The Morgan fingerprint density at radius 2 is 1.42 bits per heavy atom. The third-order valence-corrected chi connectivity index (χ3v) is 7.97. The zero-order chi connectivity index (χ0) is 24.8. The Morgan fingerprint density at radius 1 is 0.553 bits per heavy atom. The van der Waals surface area contributed by atoms with E-state index in [1.165, 1.54) is 49.2 Å². The molecule has 0 radical (unpaired) electrons. The second-order valence-electron chi connectivity index (χ2n) is 9.97. The number of pyridine rings is 1. The lowest BCUT2D eigenvalue weighted by atomic mass is 9.97. The Labute approximate surface area is 217 Å². The molecule has 4 aromatic heterocycles. The van der Waals surface area contributed by atoms with Crippen molar-refractivity contribution in [3.05, 3.63) is 121 Å². The lowest BCUT2D eigenvalue weighted by Gasteiger charge is -2.06. The molecular weight excluding hydrogens is 464 g/mol. The van der Waals surface area contributed by atoms with E-state index < -0.39 is 0 Å². The molecule has 0 bridgehead atoms. The van der Waals surface area contributed by atoms with Crippen molar-refractivity contribution >= 4 is 60.0 Å². The van der Waals surface area contributed by atoms with Gasteiger partial charge in [-0.1, -0.05) is 72.8 Å². The summed E-state index contributed by atoms with van der Waals surface area (Å²) in [4.78, 5) is 4.62. The van der Waals surface area contributed by atoms with E-state index in [0.717, 1.165) is 33.2 Å². The molecule has 0 N–H and O–H groups in total. The molecule has 3 heteroatoms. The summed E-state index contributed by atoms with van der Waals surface area (Å²) in [5.41, 5.74) is 10.0. The predicted octanol–water partition coefficient (Wildman–Crippen LogP) is 9.47. The highest BCUT2D eigenvalue weighted by atomic mass is 16.3. The Kier molecular flexibility index (Phi) is 3.79. The number of benzene rings is 5. The van der Waals surface area contributed by atoms with Crippen LogP contribution in [0, 0.1) is 0 Å². The van der Waals surface area contributed by atoms with Crippen LogP contribution in [-0.4, -0.2) is 9.38 Å². The van der Waals surface area contributed by atoms with Crippen molar-refractivity contribution in [1.82, 2.24) is 9.38 Å². The highest BCUT2D eigenvalue weighted by Gasteiger charge is 2.24. The van der Waals surface area contributed by atoms with Gasteiger partial charge in [0.1, 0.15) is 11.2 Å². The van der Waals surface area contributed by atoms with Gasteiger partial charge in [-0.2, -0.15) is 0 Å². The molecule has 4 heterocycles. The molecule has 0 unspecified atom stereocenters. The molecule has 0 amide bonds. The number of nitrogens with zero attached hydrogens (tertiary/aromatic N) is 2. The van der Waals surface area contributed by atoms with Gasteiger partial charge in [0.2, 0.25) is 0 Å². The van der Waals surface area contributed by atoms with Crippen molar-refractivity contribution in [3.8, 4) is 22.4 Å². The fourth-order valence-electron chi connectivity index (χ4n) is 6.38. The fraction of sp³-hybridized carbons (Fsp3) is 0. The quantitative estimate of drug-likeness (QED) is 0.245. The summed E-state index contributed by atoms with van der Waals surface area (Å²) < 4.78 is 9.06. The van der Waals surface area contributed by atoms with Crippen LogP contribution in [0.5, 0.6) is 0 Å². The molecule has 0 aliphatic carbocycles. The maximum Gasteiger partial charge on any atom is 0.145 e. The first-order chi connectivity index (χ1) is 18.9. The molecule has 9 aromatic rings. The molecule has 0 fully saturated rings. The molecule has 3 nitrogen and oxygen atoms in total. The summed E-state index contributed by atoms with van der Waals surface area (Å²) in [6.45, 7) is 0. The van der Waals surface area contributed by atoms with Gasteiger partial charge >= 0.3 is 0 Å². The first-order valence-electron chi connectivity index (χ1n) is 12.9. The Balaban J connectivity index is 1.54. The predicted molar refractivity (Wildman–Crippen MR) is 157 cm³/mol. The van der Waals surface area contributed by atoms with Gasteiger partial charge in [-0.05, 0) is 53.6 Å². The topological polar surface area (TPSA) is 30.4 Å². The van der Waals surface area contributed by atoms with Gasteiger partial charge in [-0.3, -0.25) is 4.98 Å². The highest BCUT2D eigenvalue weighted by Crippen LogP contribution is 2.48. The summed E-state index contributed by atoms with van der Waals surface area (Å²) >= 11 is 0.